The lowest BCUT2D eigenvalue weighted by Gasteiger charge is -2.16. The van der Waals surface area contributed by atoms with Crippen LogP contribution in [0.1, 0.15) is 5.56 Å². The maximum absolute atomic E-state index is 11.6. The smallest absolute Gasteiger partial charge is 0.377 e. The fraction of sp³-hybridized carbons (Fsp3) is 0.308. The van der Waals surface area contributed by atoms with E-state index in [9.17, 15) is 4.79 Å². The van der Waals surface area contributed by atoms with Gasteiger partial charge in [0.15, 0.2) is 0 Å². The van der Waals surface area contributed by atoms with Crippen LogP contribution >= 0.6 is 34.8 Å². The van der Waals surface area contributed by atoms with Gasteiger partial charge in [-0.15, -0.1) is 0 Å². The molecule has 1 fully saturated rings. The molecule has 1 saturated heterocycles. The van der Waals surface area contributed by atoms with Gasteiger partial charge in [0.1, 0.15) is 0 Å². The molecule has 108 valence electrons. The summed E-state index contributed by atoms with van der Waals surface area (Å²) in [5, 5.41) is 0. The average molecular weight is 337 g/mol. The quantitative estimate of drug-likeness (QED) is 0.471. The van der Waals surface area contributed by atoms with Gasteiger partial charge in [0.25, 0.3) is 10.1 Å². The number of cyclic esters (lactones) is 1. The second kappa shape index (κ2) is 5.72. The van der Waals surface area contributed by atoms with Gasteiger partial charge in [0.05, 0.1) is 0 Å². The molecular formula is C13H12Cl3NO3. The van der Waals surface area contributed by atoms with E-state index in [1.807, 2.05) is 43.3 Å². The third-order valence-electron chi connectivity index (χ3n) is 2.62. The Morgan fingerprint density at radius 3 is 2.20 bits per heavy atom. The Labute approximate surface area is 131 Å². The van der Waals surface area contributed by atoms with Crippen LogP contribution in [0.4, 0.5) is 5.69 Å². The normalized spacial score (nSPS) is 20.8. The number of alkyl halides is 3. The fourth-order valence-electron chi connectivity index (χ4n) is 1.59. The Bertz CT molecular complexity index is 535. The zero-order chi connectivity index (χ0) is 14.9. The van der Waals surface area contributed by atoms with Gasteiger partial charge in [-0.2, -0.15) is 0 Å². The Morgan fingerprint density at radius 1 is 1.15 bits per heavy atom. The van der Waals surface area contributed by atoms with Crippen molar-refractivity contribution in [3.63, 3.8) is 0 Å². The van der Waals surface area contributed by atoms with Crippen molar-refractivity contribution in [2.75, 3.05) is 19.0 Å². The summed E-state index contributed by atoms with van der Waals surface area (Å²) >= 11 is 16.9. The second-order valence-electron chi connectivity index (χ2n) is 4.39. The van der Waals surface area contributed by atoms with Crippen LogP contribution in [0.5, 0.6) is 0 Å². The number of esters is 1. The van der Waals surface area contributed by atoms with Crippen LogP contribution in [0, 0.1) is 0 Å². The number of anilines is 1. The number of carbonyl (C=O) groups excluding carboxylic acids is 1. The van der Waals surface area contributed by atoms with E-state index in [0.717, 1.165) is 11.3 Å². The molecule has 1 aliphatic rings. The SMILES string of the molecule is CN(C)c1ccc(/C=C2/OC(C(Cl)(Cl)Cl)OC2=O)cc1. The minimum atomic E-state index is -1.82. The van der Waals surface area contributed by atoms with Crippen LogP contribution in [0.15, 0.2) is 30.0 Å². The summed E-state index contributed by atoms with van der Waals surface area (Å²) in [5.41, 5.74) is 1.83. The fourth-order valence-corrected chi connectivity index (χ4v) is 1.86. The van der Waals surface area contributed by atoms with Gasteiger partial charge in [-0.25, -0.2) is 4.79 Å². The molecule has 0 spiro atoms. The number of ether oxygens (including phenoxy) is 2. The van der Waals surface area contributed by atoms with Crippen molar-refractivity contribution < 1.29 is 14.3 Å². The molecule has 2 rings (SSSR count). The van der Waals surface area contributed by atoms with E-state index < -0.39 is 16.1 Å². The lowest BCUT2D eigenvalue weighted by atomic mass is 10.2. The second-order valence-corrected chi connectivity index (χ2v) is 6.76. The highest BCUT2D eigenvalue weighted by molar-refractivity contribution is 6.68. The van der Waals surface area contributed by atoms with E-state index in [4.69, 9.17) is 44.3 Å². The van der Waals surface area contributed by atoms with Crippen LogP contribution < -0.4 is 4.90 Å². The van der Waals surface area contributed by atoms with Crippen molar-refractivity contribution >= 4 is 52.5 Å². The van der Waals surface area contributed by atoms with Crippen molar-refractivity contribution in [3.05, 3.63) is 35.6 Å². The Kier molecular flexibility index (Phi) is 4.37. The Hall–Kier alpha value is -1.10. The Morgan fingerprint density at radius 2 is 1.75 bits per heavy atom. The maximum Gasteiger partial charge on any atom is 0.377 e. The van der Waals surface area contributed by atoms with Gasteiger partial charge in [-0.05, 0) is 23.8 Å². The molecule has 7 heteroatoms. The summed E-state index contributed by atoms with van der Waals surface area (Å²) in [6.45, 7) is 0. The third kappa shape index (κ3) is 3.51. The standard InChI is InChI=1S/C13H12Cl3NO3/c1-17(2)9-5-3-8(4-6-9)7-10-11(18)20-12(19-10)13(14,15)16/h3-7,12H,1-2H3/b10-7+. The predicted octanol–water partition coefficient (Wildman–Crippen LogP) is 3.36. The molecule has 1 aromatic carbocycles. The van der Waals surface area contributed by atoms with Crippen molar-refractivity contribution in [1.29, 1.82) is 0 Å². The van der Waals surface area contributed by atoms with Crippen molar-refractivity contribution in [3.8, 4) is 0 Å². The highest BCUT2D eigenvalue weighted by atomic mass is 35.6. The number of benzene rings is 1. The highest BCUT2D eigenvalue weighted by Crippen LogP contribution is 2.38. The highest BCUT2D eigenvalue weighted by Gasteiger charge is 2.44. The van der Waals surface area contributed by atoms with Gasteiger partial charge in [0.2, 0.25) is 5.76 Å². The minimum Gasteiger partial charge on any atom is -0.443 e. The first kappa shape index (κ1) is 15.3. The Balaban J connectivity index is 2.17. The van der Waals surface area contributed by atoms with Gasteiger partial charge in [-0.1, -0.05) is 46.9 Å². The molecular weight excluding hydrogens is 325 g/mol. The van der Waals surface area contributed by atoms with E-state index >= 15 is 0 Å². The first-order chi connectivity index (χ1) is 9.27. The third-order valence-corrected chi connectivity index (χ3v) is 3.16. The first-order valence-electron chi connectivity index (χ1n) is 5.71. The molecule has 0 saturated carbocycles. The van der Waals surface area contributed by atoms with Gasteiger partial charge < -0.3 is 14.4 Å². The van der Waals surface area contributed by atoms with Crippen LogP contribution in [-0.2, 0) is 14.3 Å². The molecule has 1 heterocycles. The van der Waals surface area contributed by atoms with Crippen LogP contribution in [0.25, 0.3) is 6.08 Å². The zero-order valence-corrected chi connectivity index (χ0v) is 13.0. The molecule has 0 bridgehead atoms. The molecule has 20 heavy (non-hydrogen) atoms. The molecule has 0 radical (unpaired) electrons. The van der Waals surface area contributed by atoms with Crippen LogP contribution in [-0.4, -0.2) is 30.1 Å². The maximum atomic E-state index is 11.6. The van der Waals surface area contributed by atoms with Gasteiger partial charge in [0, 0.05) is 19.8 Å². The molecule has 1 unspecified atom stereocenters. The molecule has 0 amide bonds. The molecule has 1 aromatic rings. The molecule has 0 N–H and O–H groups in total. The summed E-state index contributed by atoms with van der Waals surface area (Å²) in [7, 11) is 3.88. The largest absolute Gasteiger partial charge is 0.443 e. The van der Waals surface area contributed by atoms with Crippen molar-refractivity contribution in [2.45, 2.75) is 10.1 Å². The predicted molar refractivity (Wildman–Crippen MR) is 80.0 cm³/mol. The average Bonchev–Trinajstić information content (AvgIpc) is 2.71. The van der Waals surface area contributed by atoms with Crippen LogP contribution in [0.2, 0.25) is 0 Å². The van der Waals surface area contributed by atoms with E-state index in [1.165, 1.54) is 6.08 Å². The van der Waals surface area contributed by atoms with E-state index in [-0.39, 0.29) is 5.76 Å². The van der Waals surface area contributed by atoms with Crippen molar-refractivity contribution in [1.82, 2.24) is 0 Å². The summed E-state index contributed by atoms with van der Waals surface area (Å²) in [5.74, 6) is -0.642. The molecule has 4 nitrogen and oxygen atoms in total. The lowest BCUT2D eigenvalue weighted by molar-refractivity contribution is -0.142. The molecule has 0 aliphatic carbocycles. The molecule has 0 aromatic heterocycles. The van der Waals surface area contributed by atoms with Gasteiger partial charge in [-0.3, -0.25) is 0 Å². The topological polar surface area (TPSA) is 38.8 Å². The lowest BCUT2D eigenvalue weighted by Crippen LogP contribution is -2.26. The summed E-state index contributed by atoms with van der Waals surface area (Å²) in [6.07, 6.45) is 0.311. The van der Waals surface area contributed by atoms with E-state index in [1.54, 1.807) is 0 Å². The zero-order valence-electron chi connectivity index (χ0n) is 10.8. The minimum absolute atomic E-state index is 0.0129. The van der Waals surface area contributed by atoms with E-state index in [2.05, 4.69) is 0 Å². The number of nitrogens with zero attached hydrogens (tertiary/aromatic N) is 1. The van der Waals surface area contributed by atoms with E-state index in [0.29, 0.717) is 0 Å². The molecule has 1 atom stereocenters. The summed E-state index contributed by atoms with van der Waals surface area (Å²) < 4.78 is 8.22. The summed E-state index contributed by atoms with van der Waals surface area (Å²) in [6, 6.07) is 7.53. The number of hydrogen-bond donors (Lipinski definition) is 0. The van der Waals surface area contributed by atoms with Crippen molar-refractivity contribution in [2.24, 2.45) is 0 Å². The number of carbonyl (C=O) groups is 1. The first-order valence-corrected chi connectivity index (χ1v) is 6.84. The van der Waals surface area contributed by atoms with Crippen LogP contribution in [0.3, 0.4) is 0 Å². The summed E-state index contributed by atoms with van der Waals surface area (Å²) in [4.78, 5) is 13.6. The number of hydrogen-bond acceptors (Lipinski definition) is 4. The number of halogens is 3. The van der Waals surface area contributed by atoms with Gasteiger partial charge >= 0.3 is 5.97 Å². The number of rotatable bonds is 2. The monoisotopic (exact) mass is 335 g/mol. The molecule has 1 aliphatic heterocycles.